The largest absolute Gasteiger partial charge is 0.573 e. The molecule has 1 heterocycles. The summed E-state index contributed by atoms with van der Waals surface area (Å²) in [6.45, 7) is 0.143. The molecule has 27 heavy (non-hydrogen) atoms. The lowest BCUT2D eigenvalue weighted by molar-refractivity contribution is -0.274. The summed E-state index contributed by atoms with van der Waals surface area (Å²) in [5.74, 6) is 5.06. The highest BCUT2D eigenvalue weighted by Crippen LogP contribution is 2.22. The number of hydrogen-bond donors (Lipinski definition) is 2. The standard InChI is InChI=1S/C20H15F3N2O2/c21-20(22,23)27-17-7-4-14(5-8-17)2-1-10-25-19(26)13-15-3-6-16-9-11-24-18(16)12-15/h3-9,11-12,24H,10,13H2,(H,25,26). The summed E-state index contributed by atoms with van der Waals surface area (Å²) in [7, 11) is 0. The number of aromatic nitrogens is 1. The van der Waals surface area contributed by atoms with Crippen LogP contribution in [-0.4, -0.2) is 23.8 Å². The van der Waals surface area contributed by atoms with Crippen molar-refractivity contribution < 1.29 is 22.7 Å². The Labute approximate surface area is 153 Å². The molecule has 138 valence electrons. The number of fused-ring (bicyclic) bond motifs is 1. The molecule has 1 aromatic heterocycles. The first-order valence-electron chi connectivity index (χ1n) is 8.06. The molecule has 0 aliphatic rings. The van der Waals surface area contributed by atoms with Crippen molar-refractivity contribution in [3.63, 3.8) is 0 Å². The first kappa shape index (κ1) is 18.4. The maximum absolute atomic E-state index is 12.1. The van der Waals surface area contributed by atoms with Crippen LogP contribution in [0.4, 0.5) is 13.2 Å². The third-order valence-corrected chi connectivity index (χ3v) is 3.68. The molecule has 3 aromatic rings. The summed E-state index contributed by atoms with van der Waals surface area (Å²) in [5, 5.41) is 3.77. The van der Waals surface area contributed by atoms with Crippen molar-refractivity contribution in [1.29, 1.82) is 0 Å². The van der Waals surface area contributed by atoms with Crippen LogP contribution in [0.5, 0.6) is 5.75 Å². The zero-order valence-electron chi connectivity index (χ0n) is 14.1. The molecule has 1 amide bonds. The van der Waals surface area contributed by atoms with Crippen molar-refractivity contribution in [2.45, 2.75) is 12.8 Å². The van der Waals surface area contributed by atoms with Gasteiger partial charge in [-0.2, -0.15) is 0 Å². The van der Waals surface area contributed by atoms with Gasteiger partial charge in [-0.05, 0) is 47.3 Å². The fourth-order valence-corrected chi connectivity index (χ4v) is 2.48. The van der Waals surface area contributed by atoms with E-state index >= 15 is 0 Å². The van der Waals surface area contributed by atoms with Crippen LogP contribution in [0.25, 0.3) is 10.9 Å². The Balaban J connectivity index is 1.48. The van der Waals surface area contributed by atoms with Gasteiger partial charge in [-0.25, -0.2) is 0 Å². The van der Waals surface area contributed by atoms with E-state index in [1.807, 2.05) is 30.5 Å². The first-order valence-corrected chi connectivity index (χ1v) is 8.06. The number of aromatic amines is 1. The summed E-state index contributed by atoms with van der Waals surface area (Å²) in [4.78, 5) is 15.1. The van der Waals surface area contributed by atoms with Gasteiger partial charge in [0.25, 0.3) is 0 Å². The molecule has 2 N–H and O–H groups in total. The number of benzene rings is 2. The van der Waals surface area contributed by atoms with Crippen molar-refractivity contribution in [3.8, 4) is 17.6 Å². The molecular formula is C20H15F3N2O2. The third-order valence-electron chi connectivity index (χ3n) is 3.68. The number of carbonyl (C=O) groups is 1. The maximum atomic E-state index is 12.1. The number of hydrogen-bond acceptors (Lipinski definition) is 2. The number of amides is 1. The van der Waals surface area contributed by atoms with Crippen molar-refractivity contribution in [2.75, 3.05) is 6.54 Å². The SMILES string of the molecule is O=C(Cc1ccc2cc[nH]c2c1)NCC#Cc1ccc(OC(F)(F)F)cc1. The van der Waals surface area contributed by atoms with E-state index in [4.69, 9.17) is 0 Å². The Morgan fingerprint density at radius 1 is 1.11 bits per heavy atom. The van der Waals surface area contributed by atoms with Gasteiger partial charge in [0.1, 0.15) is 5.75 Å². The van der Waals surface area contributed by atoms with Crippen LogP contribution in [-0.2, 0) is 11.2 Å². The molecule has 0 bridgehead atoms. The van der Waals surface area contributed by atoms with Gasteiger partial charge in [-0.3, -0.25) is 4.79 Å². The number of H-pyrrole nitrogens is 1. The molecule has 0 fully saturated rings. The van der Waals surface area contributed by atoms with Gasteiger partial charge in [0.05, 0.1) is 13.0 Å². The number of ether oxygens (including phenoxy) is 1. The lowest BCUT2D eigenvalue weighted by atomic mass is 10.1. The first-order chi connectivity index (χ1) is 12.9. The van der Waals surface area contributed by atoms with E-state index in [2.05, 4.69) is 26.9 Å². The minimum atomic E-state index is -4.72. The number of nitrogens with one attached hydrogen (secondary N) is 2. The van der Waals surface area contributed by atoms with Crippen molar-refractivity contribution in [3.05, 3.63) is 65.9 Å². The number of rotatable bonds is 4. The molecule has 0 spiro atoms. The van der Waals surface area contributed by atoms with Crippen LogP contribution < -0.4 is 10.1 Å². The normalized spacial score (nSPS) is 10.9. The minimum Gasteiger partial charge on any atom is -0.406 e. The molecule has 0 saturated carbocycles. The van der Waals surface area contributed by atoms with Crippen LogP contribution in [0, 0.1) is 11.8 Å². The zero-order chi connectivity index (χ0) is 19.3. The van der Waals surface area contributed by atoms with Crippen molar-refractivity contribution in [2.24, 2.45) is 0 Å². The lowest BCUT2D eigenvalue weighted by Gasteiger charge is -2.07. The van der Waals surface area contributed by atoms with Gasteiger partial charge in [-0.15, -0.1) is 13.2 Å². The van der Waals surface area contributed by atoms with Crippen LogP contribution in [0.3, 0.4) is 0 Å². The van der Waals surface area contributed by atoms with Crippen LogP contribution in [0.15, 0.2) is 54.7 Å². The molecule has 3 rings (SSSR count). The fourth-order valence-electron chi connectivity index (χ4n) is 2.48. The second-order valence-corrected chi connectivity index (χ2v) is 5.73. The molecule has 2 aromatic carbocycles. The van der Waals surface area contributed by atoms with Gasteiger partial charge in [0.15, 0.2) is 0 Å². The molecule has 0 unspecified atom stereocenters. The molecule has 0 saturated heterocycles. The fraction of sp³-hybridized carbons (Fsp3) is 0.150. The minimum absolute atomic E-state index is 0.143. The van der Waals surface area contributed by atoms with E-state index in [-0.39, 0.29) is 24.6 Å². The van der Waals surface area contributed by atoms with Gasteiger partial charge in [0.2, 0.25) is 5.91 Å². The molecule has 4 nitrogen and oxygen atoms in total. The highest BCUT2D eigenvalue weighted by molar-refractivity contribution is 5.83. The molecule has 0 radical (unpaired) electrons. The smallest absolute Gasteiger partial charge is 0.406 e. The monoisotopic (exact) mass is 372 g/mol. The molecule has 0 aliphatic heterocycles. The topological polar surface area (TPSA) is 54.1 Å². The van der Waals surface area contributed by atoms with Crippen molar-refractivity contribution >= 4 is 16.8 Å². The van der Waals surface area contributed by atoms with Gasteiger partial charge >= 0.3 is 6.36 Å². The Morgan fingerprint density at radius 2 is 1.89 bits per heavy atom. The van der Waals surface area contributed by atoms with Crippen LogP contribution in [0.1, 0.15) is 11.1 Å². The zero-order valence-corrected chi connectivity index (χ0v) is 14.1. The summed E-state index contributed by atoms with van der Waals surface area (Å²) in [6, 6.07) is 12.9. The average Bonchev–Trinajstić information content (AvgIpc) is 3.06. The van der Waals surface area contributed by atoms with Crippen molar-refractivity contribution in [1.82, 2.24) is 10.3 Å². The predicted molar refractivity (Wildman–Crippen MR) is 95.0 cm³/mol. The average molecular weight is 372 g/mol. The van der Waals surface area contributed by atoms with E-state index in [1.165, 1.54) is 24.3 Å². The Bertz CT molecular complexity index is 996. The van der Waals surface area contributed by atoms with E-state index in [0.29, 0.717) is 5.56 Å². The van der Waals surface area contributed by atoms with Gasteiger partial charge in [0, 0.05) is 17.3 Å². The summed E-state index contributed by atoms with van der Waals surface area (Å²) < 4.78 is 40.1. The van der Waals surface area contributed by atoms with Crippen LogP contribution in [0.2, 0.25) is 0 Å². The van der Waals surface area contributed by atoms with Gasteiger partial charge in [-0.1, -0.05) is 24.0 Å². The molecule has 7 heteroatoms. The van der Waals surface area contributed by atoms with E-state index < -0.39 is 6.36 Å². The molecule has 0 aliphatic carbocycles. The maximum Gasteiger partial charge on any atom is 0.573 e. The summed E-state index contributed by atoms with van der Waals surface area (Å²) in [5.41, 5.74) is 2.38. The van der Waals surface area contributed by atoms with Crippen LogP contribution >= 0.6 is 0 Å². The molecular weight excluding hydrogens is 357 g/mol. The Morgan fingerprint density at radius 3 is 2.63 bits per heavy atom. The number of alkyl halides is 3. The van der Waals surface area contributed by atoms with E-state index in [0.717, 1.165) is 16.5 Å². The second kappa shape index (κ2) is 7.87. The van der Waals surface area contributed by atoms with E-state index in [1.54, 1.807) is 0 Å². The van der Waals surface area contributed by atoms with Gasteiger partial charge < -0.3 is 15.0 Å². The highest BCUT2D eigenvalue weighted by Gasteiger charge is 2.30. The second-order valence-electron chi connectivity index (χ2n) is 5.73. The van der Waals surface area contributed by atoms with E-state index in [9.17, 15) is 18.0 Å². The predicted octanol–water partition coefficient (Wildman–Crippen LogP) is 3.78. The highest BCUT2D eigenvalue weighted by atomic mass is 19.4. The lowest BCUT2D eigenvalue weighted by Crippen LogP contribution is -2.25. The third kappa shape index (κ3) is 5.54. The molecule has 0 atom stereocenters. The quantitative estimate of drug-likeness (QED) is 0.685. The Hall–Kier alpha value is -3.40. The number of halogens is 3. The summed E-state index contributed by atoms with van der Waals surface area (Å²) in [6.07, 6.45) is -2.64. The Kier molecular flexibility index (Phi) is 5.36. The number of carbonyl (C=O) groups excluding carboxylic acids is 1. The summed E-state index contributed by atoms with van der Waals surface area (Å²) >= 11 is 0.